The molecule has 5 aromatic rings. The Kier molecular flexibility index (Phi) is 8.05. The Morgan fingerprint density at radius 1 is 0.864 bits per heavy atom. The predicted molar refractivity (Wildman–Crippen MR) is 157 cm³/mol. The van der Waals surface area contributed by atoms with E-state index in [1.54, 1.807) is 102 Å². The number of carbonyl (C=O) groups excluding carboxylic acids is 3. The summed E-state index contributed by atoms with van der Waals surface area (Å²) in [5.41, 5.74) is -0.0606. The van der Waals surface area contributed by atoms with E-state index in [4.69, 9.17) is 30.5 Å². The van der Waals surface area contributed by atoms with Gasteiger partial charge in [0.25, 0.3) is 0 Å². The molecule has 1 fully saturated rings. The molecule has 0 unspecified atom stereocenters. The van der Waals surface area contributed by atoms with Crippen LogP contribution in [0, 0.1) is 0 Å². The fourth-order valence-electron chi connectivity index (χ4n) is 5.08. The number of aromatic nitrogens is 4. The summed E-state index contributed by atoms with van der Waals surface area (Å²) in [5, 5.41) is 7.83. The molecule has 222 valence electrons. The van der Waals surface area contributed by atoms with Crippen LogP contribution in [0.1, 0.15) is 44.2 Å². The molecule has 0 aliphatic carbocycles. The standard InChI is InChI=1S/C32H25ClN4O7/c1-32(44-30(40)22-15-9-4-10-16-22)26(43-29(39)21-13-7-3-8-14-21)24(18-41-28(38)20-11-5-2-6-12-20)42-31(32)37-19-34-25-23(37)17-35-36-27(25)33/h2-17,19,24,26,31H,18H2,1H3/t24-,26-,31-,32-/m1/s1. The number of carbonyl (C=O) groups is 3. The fourth-order valence-corrected chi connectivity index (χ4v) is 5.27. The number of nitrogens with zero attached hydrogens (tertiary/aromatic N) is 4. The summed E-state index contributed by atoms with van der Waals surface area (Å²) in [6.07, 6.45) is -0.580. The topological polar surface area (TPSA) is 132 Å². The number of benzene rings is 3. The van der Waals surface area contributed by atoms with Crippen LogP contribution in [0.2, 0.25) is 5.15 Å². The molecule has 1 saturated heterocycles. The second-order valence-electron chi connectivity index (χ2n) is 10.1. The minimum atomic E-state index is -1.68. The summed E-state index contributed by atoms with van der Waals surface area (Å²) in [4.78, 5) is 44.2. The zero-order chi connectivity index (χ0) is 30.7. The first-order valence-corrected chi connectivity index (χ1v) is 14.0. The lowest BCUT2D eigenvalue weighted by molar-refractivity contribution is -0.108. The highest BCUT2D eigenvalue weighted by Gasteiger charge is 2.60. The normalized spacial score (nSPS) is 21.1. The molecule has 0 amide bonds. The van der Waals surface area contributed by atoms with E-state index >= 15 is 0 Å². The van der Waals surface area contributed by atoms with E-state index in [0.717, 1.165) is 0 Å². The maximum Gasteiger partial charge on any atom is 0.338 e. The van der Waals surface area contributed by atoms with Gasteiger partial charge in [-0.1, -0.05) is 66.2 Å². The molecule has 11 nitrogen and oxygen atoms in total. The van der Waals surface area contributed by atoms with Gasteiger partial charge in [0.15, 0.2) is 23.1 Å². The van der Waals surface area contributed by atoms with Gasteiger partial charge in [0.2, 0.25) is 0 Å². The van der Waals surface area contributed by atoms with E-state index < -0.39 is 41.9 Å². The second-order valence-corrected chi connectivity index (χ2v) is 10.5. The number of ether oxygens (including phenoxy) is 4. The van der Waals surface area contributed by atoms with Crippen molar-refractivity contribution in [1.82, 2.24) is 19.7 Å². The maximum atomic E-state index is 13.5. The molecule has 3 aromatic carbocycles. The number of rotatable bonds is 8. The van der Waals surface area contributed by atoms with Gasteiger partial charge in [0.05, 0.1) is 34.7 Å². The van der Waals surface area contributed by atoms with E-state index in [1.165, 1.54) is 12.5 Å². The molecule has 44 heavy (non-hydrogen) atoms. The third-order valence-corrected chi connectivity index (χ3v) is 7.51. The van der Waals surface area contributed by atoms with Crippen LogP contribution in [-0.4, -0.2) is 62.1 Å². The van der Waals surface area contributed by atoms with Gasteiger partial charge >= 0.3 is 17.9 Å². The minimum Gasteiger partial charge on any atom is -0.459 e. The SMILES string of the molecule is C[C@@]1(OC(=O)c2ccccc2)[C@H](OC(=O)c2ccccc2)[C@@H](COC(=O)c2ccccc2)O[C@H]1n1cnc2c(Cl)nncc21. The molecule has 4 atom stereocenters. The van der Waals surface area contributed by atoms with Crippen molar-refractivity contribution < 1.29 is 33.3 Å². The number of fused-ring (bicyclic) bond motifs is 1. The highest BCUT2D eigenvalue weighted by Crippen LogP contribution is 2.45. The van der Waals surface area contributed by atoms with Crippen molar-refractivity contribution in [3.63, 3.8) is 0 Å². The molecule has 3 heterocycles. The molecule has 1 aliphatic heterocycles. The van der Waals surface area contributed by atoms with E-state index in [-0.39, 0.29) is 22.9 Å². The summed E-state index contributed by atoms with van der Waals surface area (Å²) >= 11 is 6.25. The predicted octanol–water partition coefficient (Wildman–Crippen LogP) is 5.08. The lowest BCUT2D eigenvalue weighted by Gasteiger charge is -2.34. The van der Waals surface area contributed by atoms with Crippen LogP contribution < -0.4 is 0 Å². The zero-order valence-electron chi connectivity index (χ0n) is 23.3. The van der Waals surface area contributed by atoms with E-state index in [2.05, 4.69) is 15.2 Å². The van der Waals surface area contributed by atoms with Crippen molar-refractivity contribution in [2.75, 3.05) is 6.61 Å². The van der Waals surface area contributed by atoms with Crippen LogP contribution in [0.4, 0.5) is 0 Å². The van der Waals surface area contributed by atoms with Crippen LogP contribution in [0.25, 0.3) is 11.0 Å². The lowest BCUT2D eigenvalue weighted by Crippen LogP contribution is -2.50. The molecule has 0 bridgehead atoms. The molecular weight excluding hydrogens is 588 g/mol. The lowest BCUT2D eigenvalue weighted by atomic mass is 9.95. The minimum absolute atomic E-state index is 0.0580. The summed E-state index contributed by atoms with van der Waals surface area (Å²) in [6, 6.07) is 25.1. The van der Waals surface area contributed by atoms with Gasteiger partial charge < -0.3 is 18.9 Å². The average Bonchev–Trinajstić information content (AvgIpc) is 3.60. The number of hydrogen-bond donors (Lipinski definition) is 0. The smallest absolute Gasteiger partial charge is 0.338 e. The van der Waals surface area contributed by atoms with Gasteiger partial charge in [0.1, 0.15) is 18.2 Å². The van der Waals surface area contributed by atoms with Crippen molar-refractivity contribution in [3.8, 4) is 0 Å². The number of esters is 3. The summed E-state index contributed by atoms with van der Waals surface area (Å²) < 4.78 is 25.8. The fraction of sp³-hybridized carbons (Fsp3) is 0.188. The molecule has 12 heteroatoms. The van der Waals surface area contributed by atoms with Gasteiger partial charge in [0, 0.05) is 0 Å². The van der Waals surface area contributed by atoms with E-state index in [1.807, 2.05) is 0 Å². The highest BCUT2D eigenvalue weighted by atomic mass is 35.5. The molecular formula is C32H25ClN4O7. The molecule has 0 spiro atoms. The second kappa shape index (κ2) is 12.2. The molecule has 2 aromatic heterocycles. The average molecular weight is 613 g/mol. The van der Waals surface area contributed by atoms with Crippen molar-refractivity contribution in [3.05, 3.63) is 125 Å². The molecule has 0 radical (unpaired) electrons. The Labute approximate surface area is 256 Å². The zero-order valence-corrected chi connectivity index (χ0v) is 24.0. The maximum absolute atomic E-state index is 13.5. The monoisotopic (exact) mass is 612 g/mol. The highest BCUT2D eigenvalue weighted by molar-refractivity contribution is 6.33. The Balaban J connectivity index is 1.41. The summed E-state index contributed by atoms with van der Waals surface area (Å²) in [6.45, 7) is 1.26. The van der Waals surface area contributed by atoms with Gasteiger partial charge in [-0.3, -0.25) is 4.57 Å². The van der Waals surface area contributed by atoms with Crippen molar-refractivity contribution in [1.29, 1.82) is 0 Å². The third kappa shape index (κ3) is 5.62. The Bertz CT molecular complexity index is 1800. The van der Waals surface area contributed by atoms with E-state index in [9.17, 15) is 14.4 Å². The van der Waals surface area contributed by atoms with Crippen LogP contribution in [-0.2, 0) is 18.9 Å². The van der Waals surface area contributed by atoms with Crippen LogP contribution in [0.15, 0.2) is 104 Å². The van der Waals surface area contributed by atoms with Gasteiger partial charge in [-0.15, -0.1) is 5.10 Å². The molecule has 6 rings (SSSR count). The molecule has 0 saturated carbocycles. The first-order valence-electron chi connectivity index (χ1n) is 13.6. The van der Waals surface area contributed by atoms with Crippen molar-refractivity contribution >= 4 is 40.5 Å². The Morgan fingerprint density at radius 3 is 2.05 bits per heavy atom. The first-order chi connectivity index (χ1) is 21.3. The Morgan fingerprint density at radius 2 is 1.43 bits per heavy atom. The number of hydrogen-bond acceptors (Lipinski definition) is 10. The van der Waals surface area contributed by atoms with Crippen molar-refractivity contribution in [2.45, 2.75) is 31.0 Å². The quantitative estimate of drug-likeness (QED) is 0.173. The van der Waals surface area contributed by atoms with Crippen LogP contribution in [0.5, 0.6) is 0 Å². The number of halogens is 1. The summed E-state index contributed by atoms with van der Waals surface area (Å²) in [5.74, 6) is -1.99. The van der Waals surface area contributed by atoms with Crippen LogP contribution >= 0.6 is 11.6 Å². The summed E-state index contributed by atoms with van der Waals surface area (Å²) in [7, 11) is 0. The first kappa shape index (κ1) is 29.0. The van der Waals surface area contributed by atoms with Crippen molar-refractivity contribution in [2.24, 2.45) is 0 Å². The third-order valence-electron chi connectivity index (χ3n) is 7.26. The van der Waals surface area contributed by atoms with Gasteiger partial charge in [-0.2, -0.15) is 5.10 Å². The number of imidazole rings is 1. The largest absolute Gasteiger partial charge is 0.459 e. The Hall–Kier alpha value is -5.13. The van der Waals surface area contributed by atoms with E-state index in [0.29, 0.717) is 16.6 Å². The van der Waals surface area contributed by atoms with Gasteiger partial charge in [-0.25, -0.2) is 19.4 Å². The molecule has 1 aliphatic rings. The van der Waals surface area contributed by atoms with Gasteiger partial charge in [-0.05, 0) is 43.3 Å². The van der Waals surface area contributed by atoms with Crippen LogP contribution in [0.3, 0.4) is 0 Å². The molecule has 0 N–H and O–H groups in total.